The zero-order valence-electron chi connectivity index (χ0n) is 10.8. The minimum absolute atomic E-state index is 0.164. The van der Waals surface area contributed by atoms with Crippen molar-refractivity contribution in [3.8, 4) is 5.75 Å². The molecule has 19 heavy (non-hydrogen) atoms. The van der Waals surface area contributed by atoms with Gasteiger partial charge >= 0.3 is 0 Å². The van der Waals surface area contributed by atoms with Crippen LogP contribution in [0.3, 0.4) is 0 Å². The maximum atomic E-state index is 6.18. The van der Waals surface area contributed by atoms with Crippen molar-refractivity contribution < 1.29 is 9.26 Å². The van der Waals surface area contributed by atoms with Crippen LogP contribution in [-0.4, -0.2) is 11.2 Å². The molecular weight excluding hydrogens is 264 g/mol. The van der Waals surface area contributed by atoms with Crippen LogP contribution in [-0.2, 0) is 13.0 Å². The van der Waals surface area contributed by atoms with Gasteiger partial charge in [0.2, 0.25) is 0 Å². The van der Waals surface area contributed by atoms with Gasteiger partial charge in [0.15, 0.2) is 5.76 Å². The third-order valence-corrected chi connectivity index (χ3v) is 3.18. The van der Waals surface area contributed by atoms with E-state index in [-0.39, 0.29) is 6.04 Å². The quantitative estimate of drug-likeness (QED) is 0.883. The molecule has 0 aliphatic carbocycles. The van der Waals surface area contributed by atoms with E-state index in [4.69, 9.17) is 26.6 Å². The number of rotatable bonds is 6. The van der Waals surface area contributed by atoms with Crippen LogP contribution in [0.5, 0.6) is 5.75 Å². The molecule has 1 aromatic carbocycles. The molecule has 1 unspecified atom stereocenters. The van der Waals surface area contributed by atoms with Crippen molar-refractivity contribution in [3.63, 3.8) is 0 Å². The first-order valence-electron chi connectivity index (χ1n) is 6.25. The Morgan fingerprint density at radius 2 is 2.26 bits per heavy atom. The van der Waals surface area contributed by atoms with Crippen LogP contribution in [0.4, 0.5) is 0 Å². The van der Waals surface area contributed by atoms with Gasteiger partial charge in [0, 0.05) is 12.1 Å². The molecule has 1 heterocycles. The van der Waals surface area contributed by atoms with Crippen LogP contribution in [0.15, 0.2) is 35.0 Å². The van der Waals surface area contributed by atoms with Crippen LogP contribution >= 0.6 is 11.6 Å². The Morgan fingerprint density at radius 1 is 1.42 bits per heavy atom. The van der Waals surface area contributed by atoms with Gasteiger partial charge in [-0.3, -0.25) is 0 Å². The molecule has 2 aromatic rings. The minimum Gasteiger partial charge on any atom is -0.484 e. The summed E-state index contributed by atoms with van der Waals surface area (Å²) in [5.74, 6) is 1.29. The number of halogens is 1. The molecule has 102 valence electrons. The van der Waals surface area contributed by atoms with Crippen molar-refractivity contribution >= 4 is 11.6 Å². The van der Waals surface area contributed by atoms with Gasteiger partial charge in [0.25, 0.3) is 0 Å². The van der Waals surface area contributed by atoms with E-state index in [1.54, 1.807) is 12.3 Å². The lowest BCUT2D eigenvalue weighted by Gasteiger charge is -2.11. The number of nitrogens with two attached hydrogens (primary N) is 1. The molecule has 1 atom stereocenters. The standard InChI is InChI=1S/C14H17ClN2O2/c1-2-11(16)7-10-3-4-14(13(15)8-10)18-9-12-5-6-17-19-12/h3-6,8,11H,2,7,9,16H2,1H3. The van der Waals surface area contributed by atoms with Gasteiger partial charge in [-0.05, 0) is 30.5 Å². The Labute approximate surface area is 117 Å². The Bertz CT molecular complexity index is 514. The molecule has 1 aromatic heterocycles. The SMILES string of the molecule is CCC(N)Cc1ccc(OCc2ccno2)c(Cl)c1. The summed E-state index contributed by atoms with van der Waals surface area (Å²) in [5, 5.41) is 4.19. The van der Waals surface area contributed by atoms with Gasteiger partial charge in [0.1, 0.15) is 12.4 Å². The molecule has 0 aliphatic rings. The van der Waals surface area contributed by atoms with Crippen molar-refractivity contribution in [2.24, 2.45) is 5.73 Å². The van der Waals surface area contributed by atoms with E-state index in [9.17, 15) is 0 Å². The van der Waals surface area contributed by atoms with E-state index in [1.807, 2.05) is 18.2 Å². The summed E-state index contributed by atoms with van der Waals surface area (Å²) in [6.07, 6.45) is 3.34. The summed E-state index contributed by atoms with van der Waals surface area (Å²) in [4.78, 5) is 0. The van der Waals surface area contributed by atoms with Gasteiger partial charge in [-0.25, -0.2) is 0 Å². The van der Waals surface area contributed by atoms with E-state index in [2.05, 4.69) is 12.1 Å². The normalized spacial score (nSPS) is 12.4. The first-order chi connectivity index (χ1) is 9.19. The maximum Gasteiger partial charge on any atom is 0.174 e. The summed E-state index contributed by atoms with van der Waals surface area (Å²) < 4.78 is 10.5. The van der Waals surface area contributed by atoms with Crippen molar-refractivity contribution in [1.82, 2.24) is 5.16 Å². The number of benzene rings is 1. The molecule has 0 amide bonds. The third kappa shape index (κ3) is 3.98. The highest BCUT2D eigenvalue weighted by molar-refractivity contribution is 6.32. The average Bonchev–Trinajstić information content (AvgIpc) is 2.91. The molecule has 5 heteroatoms. The average molecular weight is 281 g/mol. The molecule has 2 rings (SSSR count). The predicted molar refractivity (Wildman–Crippen MR) is 74.3 cm³/mol. The highest BCUT2D eigenvalue weighted by Gasteiger charge is 2.07. The second-order valence-electron chi connectivity index (χ2n) is 4.40. The van der Waals surface area contributed by atoms with Crippen LogP contribution in [0.1, 0.15) is 24.7 Å². The molecule has 0 radical (unpaired) electrons. The Balaban J connectivity index is 1.98. The lowest BCUT2D eigenvalue weighted by molar-refractivity contribution is 0.249. The zero-order valence-corrected chi connectivity index (χ0v) is 11.6. The second kappa shape index (κ2) is 6.59. The van der Waals surface area contributed by atoms with Crippen LogP contribution < -0.4 is 10.5 Å². The second-order valence-corrected chi connectivity index (χ2v) is 4.81. The first kappa shape index (κ1) is 13.9. The Kier molecular flexibility index (Phi) is 4.82. The largest absolute Gasteiger partial charge is 0.484 e. The molecule has 2 N–H and O–H groups in total. The maximum absolute atomic E-state index is 6.18. The smallest absolute Gasteiger partial charge is 0.174 e. The fraction of sp³-hybridized carbons (Fsp3) is 0.357. The van der Waals surface area contributed by atoms with Gasteiger partial charge in [0.05, 0.1) is 11.2 Å². The number of hydrogen-bond donors (Lipinski definition) is 1. The van der Waals surface area contributed by atoms with Crippen molar-refractivity contribution in [3.05, 3.63) is 46.8 Å². The lowest BCUT2D eigenvalue weighted by Crippen LogP contribution is -2.21. The van der Waals surface area contributed by atoms with Crippen LogP contribution in [0, 0.1) is 0 Å². The summed E-state index contributed by atoms with van der Waals surface area (Å²) >= 11 is 6.18. The molecule has 0 aliphatic heterocycles. The zero-order chi connectivity index (χ0) is 13.7. The van der Waals surface area contributed by atoms with Gasteiger partial charge in [-0.1, -0.05) is 29.7 Å². The summed E-state index contributed by atoms with van der Waals surface area (Å²) in [5.41, 5.74) is 7.04. The molecule has 0 saturated heterocycles. The fourth-order valence-electron chi connectivity index (χ4n) is 1.70. The number of nitrogens with zero attached hydrogens (tertiary/aromatic N) is 1. The fourth-order valence-corrected chi connectivity index (χ4v) is 1.96. The van der Waals surface area contributed by atoms with Gasteiger partial charge in [-0.2, -0.15) is 0 Å². The Hall–Kier alpha value is -1.52. The van der Waals surface area contributed by atoms with E-state index in [0.717, 1.165) is 18.4 Å². The molecule has 4 nitrogen and oxygen atoms in total. The van der Waals surface area contributed by atoms with Gasteiger partial charge in [-0.15, -0.1) is 0 Å². The highest BCUT2D eigenvalue weighted by atomic mass is 35.5. The summed E-state index contributed by atoms with van der Waals surface area (Å²) in [6, 6.07) is 7.65. The van der Waals surface area contributed by atoms with Gasteiger partial charge < -0.3 is 15.0 Å². The predicted octanol–water partition coefficient (Wildman–Crippen LogP) is 3.19. The molecule has 0 bridgehead atoms. The Morgan fingerprint density at radius 3 is 2.89 bits per heavy atom. The summed E-state index contributed by atoms with van der Waals surface area (Å²) in [6.45, 7) is 2.38. The first-order valence-corrected chi connectivity index (χ1v) is 6.63. The number of aromatic nitrogens is 1. The highest BCUT2D eigenvalue weighted by Crippen LogP contribution is 2.26. The molecule has 0 saturated carbocycles. The monoisotopic (exact) mass is 280 g/mol. The minimum atomic E-state index is 0.164. The van der Waals surface area contributed by atoms with E-state index >= 15 is 0 Å². The molecule has 0 spiro atoms. The molecular formula is C14H17ClN2O2. The topological polar surface area (TPSA) is 61.3 Å². The lowest BCUT2D eigenvalue weighted by atomic mass is 10.0. The van der Waals surface area contributed by atoms with Crippen molar-refractivity contribution in [2.75, 3.05) is 0 Å². The summed E-state index contributed by atoms with van der Waals surface area (Å²) in [7, 11) is 0. The van der Waals surface area contributed by atoms with Crippen molar-refractivity contribution in [2.45, 2.75) is 32.4 Å². The van der Waals surface area contributed by atoms with Crippen molar-refractivity contribution in [1.29, 1.82) is 0 Å². The van der Waals surface area contributed by atoms with Crippen LogP contribution in [0.25, 0.3) is 0 Å². The van der Waals surface area contributed by atoms with E-state index < -0.39 is 0 Å². The number of ether oxygens (including phenoxy) is 1. The van der Waals surface area contributed by atoms with Crippen LogP contribution in [0.2, 0.25) is 5.02 Å². The van der Waals surface area contributed by atoms with E-state index in [0.29, 0.717) is 23.1 Å². The number of hydrogen-bond acceptors (Lipinski definition) is 4. The van der Waals surface area contributed by atoms with E-state index in [1.165, 1.54) is 0 Å². The molecule has 0 fully saturated rings. The third-order valence-electron chi connectivity index (χ3n) is 2.88.